The van der Waals surface area contributed by atoms with Gasteiger partial charge in [-0.05, 0) is 67.4 Å². The minimum absolute atomic E-state index is 0.116. The molecule has 0 aliphatic carbocycles. The molecule has 1 aliphatic rings. The molecule has 0 saturated heterocycles. The predicted molar refractivity (Wildman–Crippen MR) is 107 cm³/mol. The van der Waals surface area contributed by atoms with Crippen LogP contribution in [0.2, 0.25) is 0 Å². The van der Waals surface area contributed by atoms with Crippen LogP contribution in [0.5, 0.6) is 11.5 Å². The maximum atomic E-state index is 12.8. The highest BCUT2D eigenvalue weighted by molar-refractivity contribution is 6.34. The molecular weight excluding hydrogens is 372 g/mol. The zero-order valence-electron chi connectivity index (χ0n) is 15.7. The van der Waals surface area contributed by atoms with Crippen LogP contribution in [0.15, 0.2) is 60.7 Å². The van der Waals surface area contributed by atoms with E-state index in [2.05, 4.69) is 0 Å². The van der Waals surface area contributed by atoms with E-state index < -0.39 is 16.7 Å². The van der Waals surface area contributed by atoms with Crippen LogP contribution in [0.1, 0.15) is 31.8 Å². The summed E-state index contributed by atoms with van der Waals surface area (Å²) in [6.07, 6.45) is 0. The molecular formula is C22H16N2O5. The van der Waals surface area contributed by atoms with Crippen LogP contribution < -0.4 is 9.64 Å². The van der Waals surface area contributed by atoms with E-state index in [4.69, 9.17) is 4.74 Å². The van der Waals surface area contributed by atoms with Gasteiger partial charge in [0.15, 0.2) is 0 Å². The Kier molecular flexibility index (Phi) is 4.35. The molecule has 0 radical (unpaired) electrons. The second-order valence-electron chi connectivity index (χ2n) is 6.77. The van der Waals surface area contributed by atoms with E-state index in [1.165, 1.54) is 30.3 Å². The number of hydrogen-bond acceptors (Lipinski definition) is 5. The Morgan fingerprint density at radius 3 is 2.07 bits per heavy atom. The smallest absolute Gasteiger partial charge is 0.269 e. The van der Waals surface area contributed by atoms with Crippen LogP contribution in [-0.4, -0.2) is 16.7 Å². The minimum Gasteiger partial charge on any atom is -0.457 e. The van der Waals surface area contributed by atoms with Gasteiger partial charge in [0, 0.05) is 12.1 Å². The average molecular weight is 388 g/mol. The summed E-state index contributed by atoms with van der Waals surface area (Å²) in [5.74, 6) is 0.108. The van der Waals surface area contributed by atoms with Gasteiger partial charge in [0.2, 0.25) is 0 Å². The predicted octanol–water partition coefficient (Wildman–Crippen LogP) is 4.80. The number of ether oxygens (including phenoxy) is 1. The number of carbonyl (C=O) groups is 2. The van der Waals surface area contributed by atoms with E-state index in [1.54, 1.807) is 12.1 Å². The van der Waals surface area contributed by atoms with Gasteiger partial charge in [-0.15, -0.1) is 0 Å². The highest BCUT2D eigenvalue weighted by Crippen LogP contribution is 2.33. The summed E-state index contributed by atoms with van der Waals surface area (Å²) in [7, 11) is 0. The van der Waals surface area contributed by atoms with Crippen LogP contribution in [0.4, 0.5) is 11.4 Å². The third-order valence-corrected chi connectivity index (χ3v) is 4.89. The molecule has 144 valence electrons. The van der Waals surface area contributed by atoms with E-state index in [1.807, 2.05) is 32.0 Å². The van der Waals surface area contributed by atoms with Crippen molar-refractivity contribution >= 4 is 23.2 Å². The average Bonchev–Trinajstić information content (AvgIpc) is 2.95. The Morgan fingerprint density at radius 1 is 0.793 bits per heavy atom. The maximum absolute atomic E-state index is 12.8. The van der Waals surface area contributed by atoms with Gasteiger partial charge in [-0.2, -0.15) is 0 Å². The monoisotopic (exact) mass is 388 g/mol. The molecule has 7 nitrogen and oxygen atoms in total. The highest BCUT2D eigenvalue weighted by atomic mass is 16.6. The maximum Gasteiger partial charge on any atom is 0.269 e. The van der Waals surface area contributed by atoms with Crippen molar-refractivity contribution in [2.45, 2.75) is 13.8 Å². The topological polar surface area (TPSA) is 89.8 Å². The van der Waals surface area contributed by atoms with Crippen LogP contribution in [-0.2, 0) is 0 Å². The first-order chi connectivity index (χ1) is 13.8. The molecule has 0 bridgehead atoms. The van der Waals surface area contributed by atoms with Crippen molar-refractivity contribution in [3.63, 3.8) is 0 Å². The van der Waals surface area contributed by atoms with E-state index in [9.17, 15) is 19.7 Å². The summed E-state index contributed by atoms with van der Waals surface area (Å²) in [6, 6.07) is 15.7. The fourth-order valence-corrected chi connectivity index (χ4v) is 3.15. The Bertz CT molecular complexity index is 1170. The minimum atomic E-state index is -0.539. The number of nitro benzene ring substituents is 1. The molecule has 0 N–H and O–H groups in total. The lowest BCUT2D eigenvalue weighted by atomic mass is 10.1. The number of aryl methyl sites for hydroxylation is 2. The summed E-state index contributed by atoms with van der Waals surface area (Å²) in [5.41, 5.74) is 2.88. The number of amides is 2. The first kappa shape index (κ1) is 18.4. The lowest BCUT2D eigenvalue weighted by Gasteiger charge is -2.13. The summed E-state index contributed by atoms with van der Waals surface area (Å²) in [5, 5.41) is 10.8. The van der Waals surface area contributed by atoms with Gasteiger partial charge in [-0.3, -0.25) is 19.7 Å². The summed E-state index contributed by atoms with van der Waals surface area (Å²) >= 11 is 0. The normalized spacial score (nSPS) is 12.8. The van der Waals surface area contributed by atoms with Gasteiger partial charge in [-0.25, -0.2) is 4.90 Å². The first-order valence-corrected chi connectivity index (χ1v) is 8.87. The van der Waals surface area contributed by atoms with Crippen molar-refractivity contribution in [1.82, 2.24) is 0 Å². The molecule has 1 heterocycles. The van der Waals surface area contributed by atoms with Crippen molar-refractivity contribution in [3.05, 3.63) is 93.0 Å². The standard InChI is InChI=1S/C22H16N2O5/c1-13-3-8-17(11-14(13)2)29-18-9-10-19-20(12-18)22(26)23(21(19)25)15-4-6-16(7-5-15)24(27)28/h3-12H,1-2H3. The van der Waals surface area contributed by atoms with E-state index in [0.717, 1.165) is 16.0 Å². The molecule has 4 rings (SSSR count). The number of nitrogens with zero attached hydrogens (tertiary/aromatic N) is 2. The van der Waals surface area contributed by atoms with Crippen LogP contribution >= 0.6 is 0 Å². The number of fused-ring (bicyclic) bond motifs is 1. The number of rotatable bonds is 4. The quantitative estimate of drug-likeness (QED) is 0.364. The molecule has 1 aliphatic heterocycles. The molecule has 0 fully saturated rings. The Hall–Kier alpha value is -4.00. The van der Waals surface area contributed by atoms with Gasteiger partial charge in [0.1, 0.15) is 11.5 Å². The van der Waals surface area contributed by atoms with Gasteiger partial charge in [0.05, 0.1) is 21.7 Å². The second-order valence-corrected chi connectivity index (χ2v) is 6.77. The fourth-order valence-electron chi connectivity index (χ4n) is 3.15. The van der Waals surface area contributed by atoms with Gasteiger partial charge >= 0.3 is 0 Å². The van der Waals surface area contributed by atoms with Gasteiger partial charge in [0.25, 0.3) is 17.5 Å². The Morgan fingerprint density at radius 2 is 1.41 bits per heavy atom. The first-order valence-electron chi connectivity index (χ1n) is 8.87. The number of nitro groups is 1. The van der Waals surface area contributed by atoms with E-state index in [-0.39, 0.29) is 22.5 Å². The van der Waals surface area contributed by atoms with Crippen molar-refractivity contribution in [2.24, 2.45) is 0 Å². The zero-order valence-corrected chi connectivity index (χ0v) is 15.7. The van der Waals surface area contributed by atoms with Crippen molar-refractivity contribution in [3.8, 4) is 11.5 Å². The zero-order chi connectivity index (χ0) is 20.7. The van der Waals surface area contributed by atoms with Crippen molar-refractivity contribution in [1.29, 1.82) is 0 Å². The van der Waals surface area contributed by atoms with Crippen LogP contribution in [0, 0.1) is 24.0 Å². The van der Waals surface area contributed by atoms with E-state index in [0.29, 0.717) is 11.5 Å². The van der Waals surface area contributed by atoms with Gasteiger partial charge < -0.3 is 4.74 Å². The molecule has 0 aromatic heterocycles. The molecule has 3 aromatic carbocycles. The highest BCUT2D eigenvalue weighted by Gasteiger charge is 2.37. The molecule has 0 unspecified atom stereocenters. The largest absolute Gasteiger partial charge is 0.457 e. The third-order valence-electron chi connectivity index (χ3n) is 4.89. The lowest BCUT2D eigenvalue weighted by molar-refractivity contribution is -0.384. The molecule has 29 heavy (non-hydrogen) atoms. The summed E-state index contributed by atoms with van der Waals surface area (Å²) in [4.78, 5) is 36.8. The van der Waals surface area contributed by atoms with Crippen molar-refractivity contribution in [2.75, 3.05) is 4.90 Å². The second kappa shape index (κ2) is 6.87. The fraction of sp³-hybridized carbons (Fsp3) is 0.0909. The molecule has 3 aromatic rings. The Labute approximate surface area is 166 Å². The summed E-state index contributed by atoms with van der Waals surface area (Å²) < 4.78 is 5.85. The van der Waals surface area contributed by atoms with E-state index >= 15 is 0 Å². The summed E-state index contributed by atoms with van der Waals surface area (Å²) in [6.45, 7) is 3.99. The third kappa shape index (κ3) is 3.23. The van der Waals surface area contributed by atoms with Crippen molar-refractivity contribution < 1.29 is 19.2 Å². The van der Waals surface area contributed by atoms with Crippen LogP contribution in [0.3, 0.4) is 0 Å². The van der Waals surface area contributed by atoms with Gasteiger partial charge in [-0.1, -0.05) is 6.07 Å². The number of hydrogen-bond donors (Lipinski definition) is 0. The number of carbonyl (C=O) groups excluding carboxylic acids is 2. The lowest BCUT2D eigenvalue weighted by Crippen LogP contribution is -2.29. The molecule has 0 atom stereocenters. The molecule has 0 saturated carbocycles. The number of non-ortho nitro benzene ring substituents is 1. The number of imide groups is 1. The molecule has 7 heteroatoms. The Balaban J connectivity index is 1.63. The number of benzene rings is 3. The molecule has 0 spiro atoms. The SMILES string of the molecule is Cc1ccc(Oc2ccc3c(c2)C(=O)N(c2ccc([N+](=O)[O-])cc2)C3=O)cc1C. The van der Waals surface area contributed by atoms with Crippen LogP contribution in [0.25, 0.3) is 0 Å². The molecule has 2 amide bonds. The number of anilines is 1.